The number of aryl methyl sites for hydroxylation is 1. The Morgan fingerprint density at radius 1 is 1.25 bits per heavy atom. The molecule has 4 heteroatoms. The van der Waals surface area contributed by atoms with Gasteiger partial charge in [-0.15, -0.1) is 0 Å². The summed E-state index contributed by atoms with van der Waals surface area (Å²) in [5.41, 5.74) is 2.81. The van der Waals surface area contributed by atoms with E-state index in [4.69, 9.17) is 4.74 Å². The standard InChI is InChI=1S/C16H22INO2/c1-12-10-14(13(2)15(17)11-12)16(19)20-9-8-18-6-4-3-5-7-18/h10-11H,3-9H2,1-2H3. The largest absolute Gasteiger partial charge is 0.461 e. The highest BCUT2D eigenvalue weighted by atomic mass is 127. The maximum absolute atomic E-state index is 12.2. The van der Waals surface area contributed by atoms with Crippen molar-refractivity contribution >= 4 is 28.6 Å². The van der Waals surface area contributed by atoms with Crippen molar-refractivity contribution in [3.8, 4) is 0 Å². The van der Waals surface area contributed by atoms with Crippen LogP contribution in [0.4, 0.5) is 0 Å². The van der Waals surface area contributed by atoms with Gasteiger partial charge in [-0.25, -0.2) is 4.79 Å². The van der Waals surface area contributed by atoms with Crippen molar-refractivity contribution in [1.82, 2.24) is 4.90 Å². The summed E-state index contributed by atoms with van der Waals surface area (Å²) >= 11 is 2.27. The zero-order chi connectivity index (χ0) is 14.5. The summed E-state index contributed by atoms with van der Waals surface area (Å²) in [6.45, 7) is 7.60. The van der Waals surface area contributed by atoms with Crippen LogP contribution in [-0.2, 0) is 4.74 Å². The van der Waals surface area contributed by atoms with Gasteiger partial charge in [0.25, 0.3) is 0 Å². The van der Waals surface area contributed by atoms with Crippen molar-refractivity contribution in [1.29, 1.82) is 0 Å². The molecule has 0 unspecified atom stereocenters. The smallest absolute Gasteiger partial charge is 0.338 e. The third-order valence-corrected chi connectivity index (χ3v) is 4.92. The summed E-state index contributed by atoms with van der Waals surface area (Å²) in [6.07, 6.45) is 3.86. The molecule has 0 radical (unpaired) electrons. The molecule has 0 amide bonds. The van der Waals surface area contributed by atoms with E-state index in [9.17, 15) is 4.79 Å². The van der Waals surface area contributed by atoms with E-state index in [0.717, 1.165) is 34.3 Å². The maximum atomic E-state index is 12.2. The fraction of sp³-hybridized carbons (Fsp3) is 0.562. The second-order valence-electron chi connectivity index (χ2n) is 5.46. The van der Waals surface area contributed by atoms with Crippen molar-refractivity contribution in [2.45, 2.75) is 33.1 Å². The number of nitrogens with zero attached hydrogens (tertiary/aromatic N) is 1. The van der Waals surface area contributed by atoms with Crippen LogP contribution in [-0.4, -0.2) is 37.1 Å². The SMILES string of the molecule is Cc1cc(I)c(C)c(C(=O)OCCN2CCCCC2)c1. The third kappa shape index (κ3) is 4.19. The number of ether oxygens (including phenoxy) is 1. The summed E-state index contributed by atoms with van der Waals surface area (Å²) < 4.78 is 6.55. The summed E-state index contributed by atoms with van der Waals surface area (Å²) in [5, 5.41) is 0. The van der Waals surface area contributed by atoms with E-state index in [-0.39, 0.29) is 5.97 Å². The molecule has 0 N–H and O–H groups in total. The van der Waals surface area contributed by atoms with Crippen molar-refractivity contribution < 1.29 is 9.53 Å². The molecule has 20 heavy (non-hydrogen) atoms. The molecule has 1 aromatic rings. The van der Waals surface area contributed by atoms with Gasteiger partial charge in [0.05, 0.1) is 5.56 Å². The first-order valence-corrected chi connectivity index (χ1v) is 8.32. The predicted molar refractivity (Wildman–Crippen MR) is 89.2 cm³/mol. The number of benzene rings is 1. The molecular formula is C16H22INO2. The Morgan fingerprint density at radius 2 is 1.95 bits per heavy atom. The van der Waals surface area contributed by atoms with Gasteiger partial charge in [0.15, 0.2) is 0 Å². The van der Waals surface area contributed by atoms with E-state index in [0.29, 0.717) is 12.2 Å². The second kappa shape index (κ2) is 7.41. The molecule has 0 aliphatic carbocycles. The molecule has 1 aliphatic heterocycles. The van der Waals surface area contributed by atoms with Gasteiger partial charge >= 0.3 is 5.97 Å². The predicted octanol–water partition coefficient (Wildman–Crippen LogP) is 3.55. The number of rotatable bonds is 4. The van der Waals surface area contributed by atoms with Crippen LogP contribution in [0.15, 0.2) is 12.1 Å². The molecule has 1 fully saturated rings. The van der Waals surface area contributed by atoms with E-state index >= 15 is 0 Å². The number of carbonyl (C=O) groups is 1. The zero-order valence-corrected chi connectivity index (χ0v) is 14.4. The quantitative estimate of drug-likeness (QED) is 0.585. The average molecular weight is 387 g/mol. The lowest BCUT2D eigenvalue weighted by Gasteiger charge is -2.26. The van der Waals surface area contributed by atoms with Crippen LogP contribution in [0.1, 0.15) is 40.7 Å². The van der Waals surface area contributed by atoms with Gasteiger partial charge in [-0.05, 0) is 85.6 Å². The van der Waals surface area contributed by atoms with E-state index in [1.807, 2.05) is 19.9 Å². The minimum Gasteiger partial charge on any atom is -0.461 e. The molecule has 0 saturated carbocycles. The highest BCUT2D eigenvalue weighted by Gasteiger charge is 2.15. The molecule has 0 spiro atoms. The van der Waals surface area contributed by atoms with Gasteiger partial charge in [-0.3, -0.25) is 4.90 Å². The fourth-order valence-corrected chi connectivity index (χ4v) is 3.34. The van der Waals surface area contributed by atoms with Crippen LogP contribution in [0.2, 0.25) is 0 Å². The van der Waals surface area contributed by atoms with Gasteiger partial charge in [-0.1, -0.05) is 6.42 Å². The molecule has 1 heterocycles. The van der Waals surface area contributed by atoms with Crippen molar-refractivity contribution in [2.24, 2.45) is 0 Å². The van der Waals surface area contributed by atoms with Crippen molar-refractivity contribution in [3.63, 3.8) is 0 Å². The summed E-state index contributed by atoms with van der Waals surface area (Å²) in [5.74, 6) is -0.193. The monoisotopic (exact) mass is 387 g/mol. The Balaban J connectivity index is 1.88. The van der Waals surface area contributed by atoms with Crippen molar-refractivity contribution in [2.75, 3.05) is 26.2 Å². The van der Waals surface area contributed by atoms with E-state index in [1.165, 1.54) is 19.3 Å². The number of carbonyl (C=O) groups excluding carboxylic acids is 1. The van der Waals surface area contributed by atoms with Gasteiger partial charge in [0.2, 0.25) is 0 Å². The van der Waals surface area contributed by atoms with Crippen LogP contribution >= 0.6 is 22.6 Å². The Kier molecular flexibility index (Phi) is 5.84. The topological polar surface area (TPSA) is 29.5 Å². The van der Waals surface area contributed by atoms with Gasteiger partial charge < -0.3 is 4.74 Å². The minimum absolute atomic E-state index is 0.193. The Morgan fingerprint density at radius 3 is 2.65 bits per heavy atom. The summed E-state index contributed by atoms with van der Waals surface area (Å²) in [7, 11) is 0. The number of halogens is 1. The van der Waals surface area contributed by atoms with Crippen LogP contribution in [0.5, 0.6) is 0 Å². The lowest BCUT2D eigenvalue weighted by Crippen LogP contribution is -2.33. The lowest BCUT2D eigenvalue weighted by atomic mass is 10.1. The fourth-order valence-electron chi connectivity index (χ4n) is 2.55. The molecule has 3 nitrogen and oxygen atoms in total. The third-order valence-electron chi connectivity index (χ3n) is 3.80. The Bertz CT molecular complexity index is 482. The first-order valence-electron chi connectivity index (χ1n) is 7.24. The zero-order valence-electron chi connectivity index (χ0n) is 12.2. The Hall–Kier alpha value is -0.620. The molecule has 1 aliphatic rings. The molecule has 0 aromatic heterocycles. The molecule has 2 rings (SSSR count). The first-order chi connectivity index (χ1) is 9.58. The van der Waals surface area contributed by atoms with E-state index in [2.05, 4.69) is 33.6 Å². The van der Waals surface area contributed by atoms with Gasteiger partial charge in [0.1, 0.15) is 6.61 Å². The summed E-state index contributed by atoms with van der Waals surface area (Å²) in [6, 6.07) is 4.00. The average Bonchev–Trinajstić information content (AvgIpc) is 2.44. The summed E-state index contributed by atoms with van der Waals surface area (Å²) in [4.78, 5) is 14.5. The molecule has 0 atom stereocenters. The molecular weight excluding hydrogens is 365 g/mol. The van der Waals surface area contributed by atoms with E-state index in [1.54, 1.807) is 0 Å². The van der Waals surface area contributed by atoms with Crippen molar-refractivity contribution in [3.05, 3.63) is 32.4 Å². The first kappa shape index (κ1) is 15.8. The van der Waals surface area contributed by atoms with Crippen LogP contribution in [0, 0.1) is 17.4 Å². The van der Waals surface area contributed by atoms with Crippen LogP contribution in [0.3, 0.4) is 0 Å². The normalized spacial score (nSPS) is 16.1. The van der Waals surface area contributed by atoms with Crippen LogP contribution in [0.25, 0.3) is 0 Å². The van der Waals surface area contributed by atoms with Gasteiger partial charge in [-0.2, -0.15) is 0 Å². The number of hydrogen-bond donors (Lipinski definition) is 0. The van der Waals surface area contributed by atoms with Crippen LogP contribution < -0.4 is 0 Å². The highest BCUT2D eigenvalue weighted by Crippen LogP contribution is 2.19. The Labute approximate surface area is 134 Å². The molecule has 1 aromatic carbocycles. The molecule has 1 saturated heterocycles. The molecule has 0 bridgehead atoms. The second-order valence-corrected chi connectivity index (χ2v) is 6.62. The molecule has 110 valence electrons. The van der Waals surface area contributed by atoms with Gasteiger partial charge in [0, 0.05) is 10.1 Å². The van der Waals surface area contributed by atoms with E-state index < -0.39 is 0 Å². The minimum atomic E-state index is -0.193. The number of piperidine rings is 1. The number of likely N-dealkylation sites (tertiary alicyclic amines) is 1. The highest BCUT2D eigenvalue weighted by molar-refractivity contribution is 14.1. The number of hydrogen-bond acceptors (Lipinski definition) is 3. The number of esters is 1. The maximum Gasteiger partial charge on any atom is 0.338 e. The lowest BCUT2D eigenvalue weighted by molar-refractivity contribution is 0.0451.